The molecule has 0 bridgehead atoms. The molecular formula is C27H25FN2O. The lowest BCUT2D eigenvalue weighted by Gasteiger charge is -2.30. The first-order valence-corrected chi connectivity index (χ1v) is 11.1. The number of aromatic nitrogens is 1. The number of aryl methyl sites for hydroxylation is 1. The summed E-state index contributed by atoms with van der Waals surface area (Å²) in [5.41, 5.74) is 4.46. The van der Waals surface area contributed by atoms with E-state index in [-0.39, 0.29) is 17.2 Å². The number of carbonyl (C=O) groups is 1. The fourth-order valence-corrected chi connectivity index (χ4v) is 5.53. The zero-order valence-electron chi connectivity index (χ0n) is 17.7. The van der Waals surface area contributed by atoms with Crippen LogP contribution in [0.25, 0.3) is 10.9 Å². The Balaban J connectivity index is 1.26. The molecule has 1 aromatic heterocycles. The Labute approximate surface area is 181 Å². The van der Waals surface area contributed by atoms with Crippen molar-refractivity contribution in [1.29, 1.82) is 5.26 Å². The van der Waals surface area contributed by atoms with Crippen LogP contribution in [-0.4, -0.2) is 10.8 Å². The summed E-state index contributed by atoms with van der Waals surface area (Å²) in [4.78, 5) is 17.3. The molecule has 2 aromatic carbocycles. The lowest BCUT2D eigenvalue weighted by atomic mass is 9.74. The van der Waals surface area contributed by atoms with Crippen molar-refractivity contribution in [3.63, 3.8) is 0 Å². The van der Waals surface area contributed by atoms with E-state index >= 15 is 0 Å². The van der Waals surface area contributed by atoms with Crippen molar-refractivity contribution in [2.75, 3.05) is 0 Å². The van der Waals surface area contributed by atoms with Crippen molar-refractivity contribution in [3.05, 3.63) is 76.7 Å². The predicted octanol–water partition coefficient (Wildman–Crippen LogP) is 6.03. The van der Waals surface area contributed by atoms with Gasteiger partial charge in [0.25, 0.3) is 0 Å². The van der Waals surface area contributed by atoms with Crippen LogP contribution in [0.15, 0.2) is 48.7 Å². The lowest BCUT2D eigenvalue weighted by molar-refractivity contribution is -0.120. The standard InChI is InChI=1S/C27H25FN2O/c1-17-12-25-22(14-24(17)28)21(8-11-30-25)20-6-9-27(10-7-20)15-23(27)26(31)13-18-2-4-19(16-29)5-3-18/h2-5,8,11-12,14,20,23H,6-7,9-10,13,15H2,1H3. The van der Waals surface area contributed by atoms with Crippen molar-refractivity contribution in [3.8, 4) is 6.07 Å². The van der Waals surface area contributed by atoms with Crippen LogP contribution in [0.4, 0.5) is 4.39 Å². The molecule has 0 radical (unpaired) electrons. The van der Waals surface area contributed by atoms with E-state index in [1.165, 1.54) is 5.56 Å². The number of nitriles is 1. The average molecular weight is 413 g/mol. The summed E-state index contributed by atoms with van der Waals surface area (Å²) < 4.78 is 14.2. The number of hydrogen-bond donors (Lipinski definition) is 0. The molecule has 0 N–H and O–H groups in total. The van der Waals surface area contributed by atoms with Gasteiger partial charge in [0.15, 0.2) is 0 Å². The fourth-order valence-electron chi connectivity index (χ4n) is 5.53. The summed E-state index contributed by atoms with van der Waals surface area (Å²) in [7, 11) is 0. The van der Waals surface area contributed by atoms with Gasteiger partial charge in [-0.25, -0.2) is 4.39 Å². The highest BCUT2D eigenvalue weighted by Gasteiger charge is 2.57. The summed E-state index contributed by atoms with van der Waals surface area (Å²) in [5, 5.41) is 9.85. The number of ketones is 1. The number of carbonyl (C=O) groups excluding carboxylic acids is 1. The molecule has 2 aliphatic rings. The molecule has 156 valence electrons. The summed E-state index contributed by atoms with van der Waals surface area (Å²) in [6.07, 6.45) is 7.47. The molecule has 2 fully saturated rings. The van der Waals surface area contributed by atoms with E-state index in [1.807, 2.05) is 30.5 Å². The summed E-state index contributed by atoms with van der Waals surface area (Å²) in [6, 6.07) is 15.0. The third-order valence-electron chi connectivity index (χ3n) is 7.52. The second-order valence-electron chi connectivity index (χ2n) is 9.36. The number of fused-ring (bicyclic) bond motifs is 1. The van der Waals surface area contributed by atoms with Crippen molar-refractivity contribution in [2.24, 2.45) is 11.3 Å². The predicted molar refractivity (Wildman–Crippen MR) is 118 cm³/mol. The number of nitrogens with zero attached hydrogens (tertiary/aromatic N) is 2. The summed E-state index contributed by atoms with van der Waals surface area (Å²) in [6.45, 7) is 1.77. The number of benzene rings is 2. The van der Waals surface area contributed by atoms with Crippen molar-refractivity contribution < 1.29 is 9.18 Å². The van der Waals surface area contributed by atoms with Gasteiger partial charge in [0, 0.05) is 23.9 Å². The van der Waals surface area contributed by atoms with Crippen LogP contribution in [0, 0.1) is 35.4 Å². The Bertz CT molecular complexity index is 1200. The molecule has 0 saturated heterocycles. The molecule has 2 saturated carbocycles. The van der Waals surface area contributed by atoms with Crippen molar-refractivity contribution in [2.45, 2.75) is 51.4 Å². The lowest BCUT2D eigenvalue weighted by Crippen LogP contribution is -2.20. The second-order valence-corrected chi connectivity index (χ2v) is 9.36. The van der Waals surface area contributed by atoms with Gasteiger partial charge in [0.2, 0.25) is 0 Å². The highest BCUT2D eigenvalue weighted by molar-refractivity contribution is 5.87. The molecule has 31 heavy (non-hydrogen) atoms. The monoisotopic (exact) mass is 412 g/mol. The minimum absolute atomic E-state index is 0.165. The SMILES string of the molecule is Cc1cc2nccc(C3CCC4(CC3)CC4C(=O)Cc3ccc(C#N)cc3)c2cc1F. The maximum absolute atomic E-state index is 14.2. The van der Waals surface area contributed by atoms with E-state index in [4.69, 9.17) is 5.26 Å². The smallest absolute Gasteiger partial charge is 0.140 e. The number of pyridine rings is 1. The molecule has 1 heterocycles. The first-order chi connectivity index (χ1) is 15.0. The van der Waals surface area contributed by atoms with E-state index in [1.54, 1.807) is 25.1 Å². The van der Waals surface area contributed by atoms with Gasteiger partial charge in [-0.3, -0.25) is 9.78 Å². The van der Waals surface area contributed by atoms with Gasteiger partial charge in [-0.15, -0.1) is 0 Å². The van der Waals surface area contributed by atoms with Crippen molar-refractivity contribution >= 4 is 16.7 Å². The van der Waals surface area contributed by atoms with Crippen LogP contribution in [0.1, 0.15) is 60.3 Å². The van der Waals surface area contributed by atoms with Crippen LogP contribution in [-0.2, 0) is 11.2 Å². The third-order valence-corrected chi connectivity index (χ3v) is 7.52. The molecule has 1 spiro atoms. The Morgan fingerprint density at radius 2 is 1.94 bits per heavy atom. The molecule has 4 heteroatoms. The molecule has 5 rings (SSSR count). The molecule has 1 unspecified atom stereocenters. The largest absolute Gasteiger partial charge is 0.299 e. The summed E-state index contributed by atoms with van der Waals surface area (Å²) in [5.74, 6) is 0.714. The van der Waals surface area contributed by atoms with E-state index in [0.717, 1.165) is 48.6 Å². The second kappa shape index (κ2) is 7.57. The minimum atomic E-state index is -0.176. The average Bonchev–Trinajstić information content (AvgIpc) is 3.49. The highest BCUT2D eigenvalue weighted by atomic mass is 19.1. The first-order valence-electron chi connectivity index (χ1n) is 11.1. The van der Waals surface area contributed by atoms with Gasteiger partial charge in [0.1, 0.15) is 11.6 Å². The Kier molecular flexibility index (Phi) is 4.85. The molecular weight excluding hydrogens is 387 g/mol. The van der Waals surface area contributed by atoms with Gasteiger partial charge in [-0.05, 0) is 97.4 Å². The topological polar surface area (TPSA) is 53.8 Å². The maximum atomic E-state index is 14.2. The zero-order chi connectivity index (χ0) is 21.6. The molecule has 1 atom stereocenters. The normalized spacial score (nSPS) is 24.8. The molecule has 3 nitrogen and oxygen atoms in total. The van der Waals surface area contributed by atoms with Crippen LogP contribution in [0.3, 0.4) is 0 Å². The quantitative estimate of drug-likeness (QED) is 0.526. The maximum Gasteiger partial charge on any atom is 0.140 e. The number of hydrogen-bond acceptors (Lipinski definition) is 3. The van der Waals surface area contributed by atoms with E-state index in [0.29, 0.717) is 29.2 Å². The number of Topliss-reactive ketones (excluding diaryl/α,β-unsaturated/α-hetero) is 1. The van der Waals surface area contributed by atoms with E-state index in [2.05, 4.69) is 11.1 Å². The minimum Gasteiger partial charge on any atom is -0.299 e. The van der Waals surface area contributed by atoms with Crippen LogP contribution in [0.5, 0.6) is 0 Å². The van der Waals surface area contributed by atoms with Crippen LogP contribution >= 0.6 is 0 Å². The Morgan fingerprint density at radius 1 is 1.19 bits per heavy atom. The Morgan fingerprint density at radius 3 is 2.65 bits per heavy atom. The third kappa shape index (κ3) is 3.63. The molecule has 3 aromatic rings. The zero-order valence-corrected chi connectivity index (χ0v) is 17.7. The molecule has 0 aliphatic heterocycles. The number of rotatable bonds is 4. The Hall–Kier alpha value is -3.06. The van der Waals surface area contributed by atoms with Crippen molar-refractivity contribution in [1.82, 2.24) is 4.98 Å². The first kappa shape index (κ1) is 19.9. The van der Waals surface area contributed by atoms with Gasteiger partial charge >= 0.3 is 0 Å². The highest BCUT2D eigenvalue weighted by Crippen LogP contribution is 2.63. The van der Waals surface area contributed by atoms with Gasteiger partial charge in [0.05, 0.1) is 17.1 Å². The fraction of sp³-hybridized carbons (Fsp3) is 0.370. The summed E-state index contributed by atoms with van der Waals surface area (Å²) >= 11 is 0. The van der Waals surface area contributed by atoms with Crippen LogP contribution < -0.4 is 0 Å². The van der Waals surface area contributed by atoms with Gasteiger partial charge in [-0.1, -0.05) is 12.1 Å². The van der Waals surface area contributed by atoms with E-state index < -0.39 is 0 Å². The molecule has 2 aliphatic carbocycles. The van der Waals surface area contributed by atoms with Gasteiger partial charge < -0.3 is 0 Å². The van der Waals surface area contributed by atoms with Gasteiger partial charge in [-0.2, -0.15) is 5.26 Å². The molecule has 0 amide bonds. The van der Waals surface area contributed by atoms with Crippen LogP contribution in [0.2, 0.25) is 0 Å². The van der Waals surface area contributed by atoms with E-state index in [9.17, 15) is 9.18 Å². The number of halogens is 1.